The van der Waals surface area contributed by atoms with Gasteiger partial charge in [0.05, 0.1) is 12.7 Å². The number of carbonyl (C=O) groups is 2. The maximum Gasteiger partial charge on any atom is 0.335 e. The molecule has 0 aliphatic heterocycles. The molecule has 2 N–H and O–H groups in total. The zero-order valence-corrected chi connectivity index (χ0v) is 18.9. The molecule has 0 bridgehead atoms. The van der Waals surface area contributed by atoms with Crippen molar-refractivity contribution in [2.24, 2.45) is 0 Å². The molecule has 0 saturated carbocycles. The van der Waals surface area contributed by atoms with Crippen LogP contribution in [-0.2, 0) is 17.8 Å². The van der Waals surface area contributed by atoms with E-state index < -0.39 is 11.9 Å². The zero-order valence-electron chi connectivity index (χ0n) is 18.9. The Morgan fingerprint density at radius 2 is 1.85 bits per heavy atom. The van der Waals surface area contributed by atoms with Crippen molar-refractivity contribution in [1.82, 2.24) is 0 Å². The number of rotatable bonds is 9. The highest BCUT2D eigenvalue weighted by molar-refractivity contribution is 6.10. The summed E-state index contributed by atoms with van der Waals surface area (Å²) in [4.78, 5) is 23.8. The van der Waals surface area contributed by atoms with Crippen LogP contribution in [0.2, 0.25) is 0 Å². The van der Waals surface area contributed by atoms with Crippen LogP contribution in [0, 0.1) is 11.3 Å². The smallest absolute Gasteiger partial charge is 0.335 e. The zero-order chi connectivity index (χ0) is 24.5. The molecule has 7 heteroatoms. The predicted molar refractivity (Wildman–Crippen MR) is 129 cm³/mol. The highest BCUT2D eigenvalue weighted by Gasteiger charge is 2.13. The summed E-state index contributed by atoms with van der Waals surface area (Å²) in [7, 11) is 1.49. The van der Waals surface area contributed by atoms with Crippen LogP contribution in [0.1, 0.15) is 34.0 Å². The van der Waals surface area contributed by atoms with Crippen molar-refractivity contribution in [2.45, 2.75) is 20.0 Å². The number of carboxylic acid groups (broad SMARTS) is 1. The van der Waals surface area contributed by atoms with Crippen molar-refractivity contribution in [3.8, 4) is 17.6 Å². The van der Waals surface area contributed by atoms with E-state index in [4.69, 9.17) is 14.6 Å². The molecule has 0 radical (unpaired) electrons. The first-order chi connectivity index (χ1) is 16.4. The number of hydrogen-bond donors (Lipinski definition) is 2. The third kappa shape index (κ3) is 6.02. The van der Waals surface area contributed by atoms with Gasteiger partial charge < -0.3 is 19.9 Å². The number of para-hydroxylation sites is 1. The molecule has 7 nitrogen and oxygen atoms in total. The summed E-state index contributed by atoms with van der Waals surface area (Å²) in [6, 6.07) is 20.9. The lowest BCUT2D eigenvalue weighted by molar-refractivity contribution is -0.112. The number of nitrogens with zero attached hydrogens (tertiary/aromatic N) is 1. The maximum atomic E-state index is 12.7. The van der Waals surface area contributed by atoms with E-state index in [1.165, 1.54) is 19.3 Å². The molecule has 3 rings (SSSR count). The molecule has 0 spiro atoms. The quantitative estimate of drug-likeness (QED) is 0.343. The summed E-state index contributed by atoms with van der Waals surface area (Å²) in [6.45, 7) is 2.14. The summed E-state index contributed by atoms with van der Waals surface area (Å²) >= 11 is 0. The van der Waals surface area contributed by atoms with Crippen molar-refractivity contribution in [3.05, 3.63) is 94.6 Å². The van der Waals surface area contributed by atoms with E-state index in [2.05, 4.69) is 5.32 Å². The van der Waals surface area contributed by atoms with Gasteiger partial charge in [0.15, 0.2) is 11.5 Å². The van der Waals surface area contributed by atoms with Gasteiger partial charge in [0.25, 0.3) is 5.91 Å². The monoisotopic (exact) mass is 456 g/mol. The minimum atomic E-state index is -1.01. The fourth-order valence-electron chi connectivity index (χ4n) is 3.30. The molecular formula is C27H24N2O5. The molecule has 0 unspecified atom stereocenters. The number of carbonyl (C=O) groups excluding carboxylic acids is 1. The van der Waals surface area contributed by atoms with Crippen LogP contribution >= 0.6 is 0 Å². The van der Waals surface area contributed by atoms with Crippen molar-refractivity contribution in [2.75, 3.05) is 12.4 Å². The summed E-state index contributed by atoms with van der Waals surface area (Å²) in [5.41, 5.74) is 3.06. The van der Waals surface area contributed by atoms with E-state index in [0.29, 0.717) is 28.3 Å². The number of nitriles is 1. The van der Waals surface area contributed by atoms with Gasteiger partial charge in [-0.1, -0.05) is 43.3 Å². The second kappa shape index (κ2) is 11.3. The van der Waals surface area contributed by atoms with Crippen LogP contribution in [-0.4, -0.2) is 24.1 Å². The molecule has 172 valence electrons. The Balaban J connectivity index is 1.76. The van der Waals surface area contributed by atoms with Gasteiger partial charge in [0.2, 0.25) is 0 Å². The van der Waals surface area contributed by atoms with E-state index in [1.54, 1.807) is 42.5 Å². The third-order valence-electron chi connectivity index (χ3n) is 5.08. The van der Waals surface area contributed by atoms with Crippen molar-refractivity contribution < 1.29 is 24.2 Å². The molecule has 0 heterocycles. The largest absolute Gasteiger partial charge is 0.493 e. The average Bonchev–Trinajstić information content (AvgIpc) is 2.86. The Labute approximate surface area is 197 Å². The predicted octanol–water partition coefficient (Wildman–Crippen LogP) is 5.08. The molecule has 3 aromatic carbocycles. The summed E-state index contributed by atoms with van der Waals surface area (Å²) in [6.07, 6.45) is 2.23. The number of amides is 1. The van der Waals surface area contributed by atoms with Gasteiger partial charge in [0.1, 0.15) is 18.2 Å². The fourth-order valence-corrected chi connectivity index (χ4v) is 3.30. The van der Waals surface area contributed by atoms with Gasteiger partial charge in [-0.25, -0.2) is 4.79 Å². The first-order valence-electron chi connectivity index (χ1n) is 10.6. The molecule has 3 aromatic rings. The number of aromatic carboxylic acids is 1. The topological polar surface area (TPSA) is 109 Å². The number of hydrogen-bond acceptors (Lipinski definition) is 5. The van der Waals surface area contributed by atoms with E-state index in [0.717, 1.165) is 12.0 Å². The molecule has 0 atom stereocenters. The van der Waals surface area contributed by atoms with Gasteiger partial charge in [0, 0.05) is 5.69 Å². The van der Waals surface area contributed by atoms with Crippen LogP contribution in [0.3, 0.4) is 0 Å². The van der Waals surface area contributed by atoms with E-state index in [9.17, 15) is 14.9 Å². The molecule has 0 fully saturated rings. The number of carboxylic acids is 1. The van der Waals surface area contributed by atoms with Gasteiger partial charge >= 0.3 is 5.97 Å². The molecule has 34 heavy (non-hydrogen) atoms. The lowest BCUT2D eigenvalue weighted by atomic mass is 10.1. The molecule has 1 amide bonds. The van der Waals surface area contributed by atoms with E-state index >= 15 is 0 Å². The molecule has 0 aliphatic rings. The lowest BCUT2D eigenvalue weighted by Gasteiger charge is -2.12. The van der Waals surface area contributed by atoms with Crippen molar-refractivity contribution in [3.63, 3.8) is 0 Å². The maximum absolute atomic E-state index is 12.7. The molecule has 0 aliphatic carbocycles. The Morgan fingerprint density at radius 1 is 1.06 bits per heavy atom. The normalized spacial score (nSPS) is 10.8. The molecule has 0 saturated heterocycles. The first kappa shape index (κ1) is 24.1. The van der Waals surface area contributed by atoms with Crippen molar-refractivity contribution in [1.29, 1.82) is 5.26 Å². The Bertz CT molecular complexity index is 1270. The van der Waals surface area contributed by atoms with Crippen molar-refractivity contribution >= 4 is 23.6 Å². The summed E-state index contributed by atoms with van der Waals surface area (Å²) in [5, 5.41) is 21.5. The number of anilines is 1. The second-order valence-electron chi connectivity index (χ2n) is 7.34. The second-order valence-corrected chi connectivity index (χ2v) is 7.34. The number of nitrogens with one attached hydrogen (secondary N) is 1. The molecule has 0 aromatic heterocycles. The third-order valence-corrected chi connectivity index (χ3v) is 5.08. The average molecular weight is 456 g/mol. The van der Waals surface area contributed by atoms with E-state index in [1.807, 2.05) is 31.2 Å². The fraction of sp³-hybridized carbons (Fsp3) is 0.148. The van der Waals surface area contributed by atoms with Crippen LogP contribution in [0.4, 0.5) is 5.69 Å². The van der Waals surface area contributed by atoms with Gasteiger partial charge in [-0.15, -0.1) is 0 Å². The summed E-state index contributed by atoms with van der Waals surface area (Å²) in [5.74, 6) is -0.649. The standard InChI is InChI=1S/C27H24N2O5/c1-3-20-8-4-5-10-23(20)29-26(30)22(16-28)13-18-11-12-24(25(15-18)33-2)34-17-19-7-6-9-21(14-19)27(31)32/h4-15H,3,17H2,1-2H3,(H,29,30)(H,31,32)/b22-13-. The minimum Gasteiger partial charge on any atom is -0.493 e. The Hall–Kier alpha value is -4.57. The number of ether oxygens (including phenoxy) is 2. The SMILES string of the molecule is CCc1ccccc1NC(=O)/C(C#N)=C\c1ccc(OCc2cccc(C(=O)O)c2)c(OC)c1. The Morgan fingerprint density at radius 3 is 2.56 bits per heavy atom. The van der Waals surface area contributed by atoms with Crippen LogP contribution < -0.4 is 14.8 Å². The number of benzene rings is 3. The molecular weight excluding hydrogens is 432 g/mol. The van der Waals surface area contributed by atoms with Crippen LogP contribution in [0.25, 0.3) is 6.08 Å². The van der Waals surface area contributed by atoms with Crippen LogP contribution in [0.5, 0.6) is 11.5 Å². The van der Waals surface area contributed by atoms with Gasteiger partial charge in [-0.3, -0.25) is 4.79 Å². The van der Waals surface area contributed by atoms with Gasteiger partial charge in [-0.05, 0) is 59.5 Å². The highest BCUT2D eigenvalue weighted by Crippen LogP contribution is 2.30. The Kier molecular flexibility index (Phi) is 8.03. The minimum absolute atomic E-state index is 0.0490. The number of methoxy groups -OCH3 is 1. The lowest BCUT2D eigenvalue weighted by Crippen LogP contribution is -2.14. The van der Waals surface area contributed by atoms with Crippen LogP contribution in [0.15, 0.2) is 72.3 Å². The highest BCUT2D eigenvalue weighted by atomic mass is 16.5. The van der Waals surface area contributed by atoms with Gasteiger partial charge in [-0.2, -0.15) is 5.26 Å². The van der Waals surface area contributed by atoms with E-state index in [-0.39, 0.29) is 17.7 Å². The number of aryl methyl sites for hydroxylation is 1. The summed E-state index contributed by atoms with van der Waals surface area (Å²) < 4.78 is 11.2. The first-order valence-corrected chi connectivity index (χ1v) is 10.6.